The van der Waals surface area contributed by atoms with E-state index in [0.29, 0.717) is 0 Å². The molecule has 8 aromatic carbocycles. The first-order valence-electron chi connectivity index (χ1n) is 19.1. The standard InChI is InChI=1S/C52H46N2/c1-51(2,3)39-19-25-43(26-20-39)53(41-13-9-7-10-14-41)45-23-17-35-31-47-49(33-37(35)29-45)48-32-36-18-24-46(30-38(36)34-50(47)48)54(42-15-11-8-12-16-42)44-27-21-40(22-28-44)52(4,5)6/h7-34H,1-6H3. The third-order valence-electron chi connectivity index (χ3n) is 11.0. The first kappa shape index (κ1) is 33.7. The molecule has 0 amide bonds. The van der Waals surface area contributed by atoms with Crippen molar-refractivity contribution in [1.82, 2.24) is 0 Å². The van der Waals surface area contributed by atoms with Gasteiger partial charge in [0.2, 0.25) is 0 Å². The number of nitrogens with zero attached hydrogens (tertiary/aromatic N) is 2. The summed E-state index contributed by atoms with van der Waals surface area (Å²) in [6.45, 7) is 13.6. The summed E-state index contributed by atoms with van der Waals surface area (Å²) in [5.74, 6) is 0. The van der Waals surface area contributed by atoms with E-state index in [0.717, 1.165) is 34.1 Å². The van der Waals surface area contributed by atoms with Crippen molar-refractivity contribution >= 4 is 55.7 Å². The van der Waals surface area contributed by atoms with Gasteiger partial charge in [0.05, 0.1) is 0 Å². The molecule has 0 aliphatic heterocycles. The van der Waals surface area contributed by atoms with Gasteiger partial charge in [-0.1, -0.05) is 114 Å². The van der Waals surface area contributed by atoms with Crippen molar-refractivity contribution in [3.8, 4) is 22.3 Å². The monoisotopic (exact) mass is 698 g/mol. The van der Waals surface area contributed by atoms with Crippen LogP contribution in [0.3, 0.4) is 0 Å². The Morgan fingerprint density at radius 1 is 0.278 bits per heavy atom. The van der Waals surface area contributed by atoms with Gasteiger partial charge in [0.1, 0.15) is 0 Å². The SMILES string of the molecule is CC(C)(C)c1ccc(N(c2ccccc2)c2ccc3cc4c(cc3c2)-c2cc3ccc(N(c5ccccc5)c5ccc(C(C)(C)C)cc5)cc3cc2-4)cc1. The Hall–Kier alpha value is -6.12. The molecule has 8 aromatic rings. The molecule has 0 unspecified atom stereocenters. The van der Waals surface area contributed by atoms with Crippen molar-refractivity contribution in [2.45, 2.75) is 52.4 Å². The molecule has 0 spiro atoms. The van der Waals surface area contributed by atoms with Crippen LogP contribution in [-0.2, 0) is 10.8 Å². The Bertz CT molecular complexity index is 2440. The quantitative estimate of drug-likeness (QED) is 0.171. The van der Waals surface area contributed by atoms with E-state index in [1.165, 1.54) is 54.9 Å². The lowest BCUT2D eigenvalue weighted by Crippen LogP contribution is -2.13. The van der Waals surface area contributed by atoms with E-state index in [4.69, 9.17) is 0 Å². The first-order valence-corrected chi connectivity index (χ1v) is 19.1. The van der Waals surface area contributed by atoms with Gasteiger partial charge in [0.15, 0.2) is 0 Å². The smallest absolute Gasteiger partial charge is 0.0468 e. The fraction of sp³-hybridized carbons (Fsp3) is 0.154. The molecule has 0 bridgehead atoms. The van der Waals surface area contributed by atoms with Crippen molar-refractivity contribution in [3.63, 3.8) is 0 Å². The van der Waals surface area contributed by atoms with E-state index in [-0.39, 0.29) is 10.8 Å². The summed E-state index contributed by atoms with van der Waals surface area (Å²) >= 11 is 0. The molecule has 264 valence electrons. The molecule has 54 heavy (non-hydrogen) atoms. The van der Waals surface area contributed by atoms with E-state index >= 15 is 0 Å². The molecule has 0 radical (unpaired) electrons. The van der Waals surface area contributed by atoms with Crippen LogP contribution in [-0.4, -0.2) is 0 Å². The Labute approximate surface area is 320 Å². The second-order valence-electron chi connectivity index (χ2n) is 16.8. The largest absolute Gasteiger partial charge is 0.310 e. The predicted octanol–water partition coefficient (Wildman–Crippen LogP) is 15.2. The number of hydrogen-bond donors (Lipinski definition) is 0. The number of para-hydroxylation sites is 2. The van der Waals surface area contributed by atoms with Crippen molar-refractivity contribution in [3.05, 3.63) is 181 Å². The minimum absolute atomic E-state index is 0.103. The molecule has 1 aliphatic rings. The molecule has 0 saturated heterocycles. The molecular weight excluding hydrogens is 653 g/mol. The van der Waals surface area contributed by atoms with Crippen LogP contribution >= 0.6 is 0 Å². The fourth-order valence-corrected chi connectivity index (χ4v) is 7.95. The van der Waals surface area contributed by atoms with Gasteiger partial charge >= 0.3 is 0 Å². The summed E-state index contributed by atoms with van der Waals surface area (Å²) in [5.41, 5.74) is 15.1. The molecule has 0 atom stereocenters. The number of anilines is 6. The topological polar surface area (TPSA) is 6.48 Å². The molecule has 0 saturated carbocycles. The Morgan fingerprint density at radius 2 is 0.574 bits per heavy atom. The average Bonchev–Trinajstić information content (AvgIpc) is 3.17. The highest BCUT2D eigenvalue weighted by Gasteiger charge is 2.25. The molecule has 0 fully saturated rings. The number of hydrogen-bond acceptors (Lipinski definition) is 2. The zero-order chi connectivity index (χ0) is 37.2. The maximum absolute atomic E-state index is 2.39. The second-order valence-corrected chi connectivity index (χ2v) is 16.8. The lowest BCUT2D eigenvalue weighted by molar-refractivity contribution is 0.590. The zero-order valence-corrected chi connectivity index (χ0v) is 32.1. The number of fused-ring (bicyclic) bond motifs is 6. The molecule has 9 rings (SSSR count). The summed E-state index contributed by atoms with van der Waals surface area (Å²) in [6.07, 6.45) is 0. The highest BCUT2D eigenvalue weighted by molar-refractivity contribution is 6.12. The summed E-state index contributed by atoms with van der Waals surface area (Å²) in [4.78, 5) is 4.73. The normalized spacial score (nSPS) is 12.3. The van der Waals surface area contributed by atoms with E-state index in [2.05, 4.69) is 221 Å². The Balaban J connectivity index is 1.08. The summed E-state index contributed by atoms with van der Waals surface area (Å²) in [6, 6.07) is 62.8. The maximum Gasteiger partial charge on any atom is 0.0468 e. The van der Waals surface area contributed by atoms with Gasteiger partial charge in [-0.25, -0.2) is 0 Å². The number of benzene rings is 8. The molecule has 0 aromatic heterocycles. The van der Waals surface area contributed by atoms with Crippen LogP contribution in [0.15, 0.2) is 170 Å². The molecule has 2 nitrogen and oxygen atoms in total. The molecule has 0 N–H and O–H groups in total. The van der Waals surface area contributed by atoms with E-state index in [9.17, 15) is 0 Å². The average molecular weight is 699 g/mol. The van der Waals surface area contributed by atoms with Crippen LogP contribution in [0.4, 0.5) is 34.1 Å². The van der Waals surface area contributed by atoms with Crippen molar-refractivity contribution in [1.29, 1.82) is 0 Å². The number of rotatable bonds is 6. The zero-order valence-electron chi connectivity index (χ0n) is 32.1. The maximum atomic E-state index is 2.39. The molecular formula is C52H46N2. The van der Waals surface area contributed by atoms with Gasteiger partial charge in [-0.05, 0) is 163 Å². The van der Waals surface area contributed by atoms with Crippen LogP contribution in [0, 0.1) is 0 Å². The van der Waals surface area contributed by atoms with Crippen LogP contribution < -0.4 is 9.80 Å². The van der Waals surface area contributed by atoms with E-state index < -0.39 is 0 Å². The fourth-order valence-electron chi connectivity index (χ4n) is 7.95. The van der Waals surface area contributed by atoms with Gasteiger partial charge in [0.25, 0.3) is 0 Å². The molecule has 2 heteroatoms. The van der Waals surface area contributed by atoms with Crippen molar-refractivity contribution in [2.24, 2.45) is 0 Å². The Kier molecular flexibility index (Phi) is 7.97. The van der Waals surface area contributed by atoms with Crippen molar-refractivity contribution in [2.75, 3.05) is 9.80 Å². The summed E-state index contributed by atoms with van der Waals surface area (Å²) in [7, 11) is 0. The predicted molar refractivity (Wildman–Crippen MR) is 233 cm³/mol. The van der Waals surface area contributed by atoms with Crippen molar-refractivity contribution < 1.29 is 0 Å². The van der Waals surface area contributed by atoms with Crippen LogP contribution in [0.5, 0.6) is 0 Å². The van der Waals surface area contributed by atoms with E-state index in [1.807, 2.05) is 0 Å². The second kappa shape index (κ2) is 12.8. The van der Waals surface area contributed by atoms with Gasteiger partial charge in [-0.2, -0.15) is 0 Å². The third kappa shape index (κ3) is 6.02. The lowest BCUT2D eigenvalue weighted by atomic mass is 9.78. The van der Waals surface area contributed by atoms with Gasteiger partial charge in [0, 0.05) is 34.1 Å². The molecule has 0 heterocycles. The van der Waals surface area contributed by atoms with Gasteiger partial charge < -0.3 is 9.80 Å². The third-order valence-corrected chi connectivity index (χ3v) is 11.0. The van der Waals surface area contributed by atoms with Gasteiger partial charge in [-0.15, -0.1) is 0 Å². The molecule has 1 aliphatic carbocycles. The van der Waals surface area contributed by atoms with Crippen LogP contribution in [0.25, 0.3) is 43.8 Å². The van der Waals surface area contributed by atoms with Crippen LogP contribution in [0.1, 0.15) is 52.7 Å². The highest BCUT2D eigenvalue weighted by Crippen LogP contribution is 2.51. The van der Waals surface area contributed by atoms with Gasteiger partial charge in [-0.3, -0.25) is 0 Å². The Morgan fingerprint density at radius 3 is 0.907 bits per heavy atom. The highest BCUT2D eigenvalue weighted by atomic mass is 15.1. The minimum atomic E-state index is 0.103. The minimum Gasteiger partial charge on any atom is -0.310 e. The summed E-state index contributed by atoms with van der Waals surface area (Å²) in [5, 5.41) is 5.00. The summed E-state index contributed by atoms with van der Waals surface area (Å²) < 4.78 is 0. The van der Waals surface area contributed by atoms with E-state index in [1.54, 1.807) is 0 Å². The van der Waals surface area contributed by atoms with Crippen LogP contribution in [0.2, 0.25) is 0 Å². The lowest BCUT2D eigenvalue weighted by Gasteiger charge is -2.29. The first-order chi connectivity index (χ1) is 26.0.